The molecule has 7 heteroatoms. The minimum atomic E-state index is 0. The highest BCUT2D eigenvalue weighted by atomic mass is 127. The van der Waals surface area contributed by atoms with Gasteiger partial charge < -0.3 is 15.8 Å². The maximum atomic E-state index is 6.00. The number of hydrogen-bond donors (Lipinski definition) is 2. The number of aromatic nitrogens is 2. The Bertz CT molecular complexity index is 891. The van der Waals surface area contributed by atoms with Gasteiger partial charge >= 0.3 is 0 Å². The highest BCUT2D eigenvalue weighted by Crippen LogP contribution is 2.23. The number of aryl methyl sites for hydroxylation is 1. The number of para-hydroxylation sites is 2. The lowest BCUT2D eigenvalue weighted by atomic mass is 10.1. The minimum absolute atomic E-state index is 0. The molecule has 0 bridgehead atoms. The van der Waals surface area contributed by atoms with Gasteiger partial charge in [0, 0.05) is 18.8 Å². The summed E-state index contributed by atoms with van der Waals surface area (Å²) in [5.41, 5.74) is 10.0. The number of aliphatic imine (C=N–C) groups is 1. The van der Waals surface area contributed by atoms with Gasteiger partial charge in [-0.1, -0.05) is 30.3 Å². The fourth-order valence-corrected chi connectivity index (χ4v) is 2.52. The zero-order valence-corrected chi connectivity index (χ0v) is 17.0. The number of benzene rings is 2. The van der Waals surface area contributed by atoms with E-state index in [0.29, 0.717) is 12.5 Å². The van der Waals surface area contributed by atoms with Gasteiger partial charge in [0.25, 0.3) is 0 Å². The van der Waals surface area contributed by atoms with Crippen molar-refractivity contribution >= 4 is 35.6 Å². The van der Waals surface area contributed by atoms with E-state index in [9.17, 15) is 0 Å². The van der Waals surface area contributed by atoms with Gasteiger partial charge in [-0.3, -0.25) is 4.68 Å². The first-order valence-corrected chi connectivity index (χ1v) is 7.93. The molecule has 3 N–H and O–H groups in total. The summed E-state index contributed by atoms with van der Waals surface area (Å²) in [7, 11) is 3.53. The number of nitrogens with zero attached hydrogens (tertiary/aromatic N) is 3. The molecule has 3 rings (SSSR count). The third kappa shape index (κ3) is 4.98. The minimum Gasteiger partial charge on any atom is -0.495 e. The van der Waals surface area contributed by atoms with E-state index < -0.39 is 0 Å². The van der Waals surface area contributed by atoms with Crippen molar-refractivity contribution in [3.8, 4) is 16.9 Å². The van der Waals surface area contributed by atoms with Crippen LogP contribution in [0.4, 0.5) is 5.69 Å². The Labute approximate surface area is 170 Å². The van der Waals surface area contributed by atoms with Gasteiger partial charge in [0.05, 0.1) is 25.5 Å². The molecular weight excluding hydrogens is 441 g/mol. The number of hydrogen-bond acceptors (Lipinski definition) is 3. The largest absolute Gasteiger partial charge is 0.495 e. The molecule has 0 radical (unpaired) electrons. The van der Waals surface area contributed by atoms with Crippen LogP contribution in [0, 0.1) is 0 Å². The summed E-state index contributed by atoms with van der Waals surface area (Å²) in [6.07, 6.45) is 3.83. The molecule has 0 fully saturated rings. The third-order valence-electron chi connectivity index (χ3n) is 3.77. The zero-order chi connectivity index (χ0) is 17.6. The maximum Gasteiger partial charge on any atom is 0.193 e. The van der Waals surface area contributed by atoms with Crippen LogP contribution in [-0.2, 0) is 13.6 Å². The Morgan fingerprint density at radius 3 is 2.73 bits per heavy atom. The van der Waals surface area contributed by atoms with Gasteiger partial charge in [0.2, 0.25) is 0 Å². The molecule has 1 heterocycles. The lowest BCUT2D eigenvalue weighted by Gasteiger charge is -2.10. The van der Waals surface area contributed by atoms with Crippen molar-refractivity contribution in [2.45, 2.75) is 6.54 Å². The Balaban J connectivity index is 0.00000243. The summed E-state index contributed by atoms with van der Waals surface area (Å²) < 4.78 is 7.08. The first-order chi connectivity index (χ1) is 12.2. The molecule has 0 aliphatic rings. The summed E-state index contributed by atoms with van der Waals surface area (Å²) in [5.74, 6) is 1.07. The van der Waals surface area contributed by atoms with Gasteiger partial charge in [0.15, 0.2) is 5.96 Å². The lowest BCUT2D eigenvalue weighted by molar-refractivity contribution is 0.417. The second-order valence-corrected chi connectivity index (χ2v) is 5.63. The van der Waals surface area contributed by atoms with Crippen LogP contribution in [0.2, 0.25) is 0 Å². The van der Waals surface area contributed by atoms with E-state index in [0.717, 1.165) is 28.1 Å². The number of guanidine groups is 1. The highest BCUT2D eigenvalue weighted by molar-refractivity contribution is 14.0. The van der Waals surface area contributed by atoms with E-state index in [1.165, 1.54) is 0 Å². The van der Waals surface area contributed by atoms with E-state index in [1.54, 1.807) is 11.8 Å². The summed E-state index contributed by atoms with van der Waals surface area (Å²) >= 11 is 0. The van der Waals surface area contributed by atoms with E-state index in [1.807, 2.05) is 55.8 Å². The zero-order valence-electron chi connectivity index (χ0n) is 14.7. The molecule has 0 unspecified atom stereocenters. The normalized spacial score (nSPS) is 10.9. The Morgan fingerprint density at radius 2 is 2.00 bits per heavy atom. The number of halogens is 1. The van der Waals surface area contributed by atoms with Gasteiger partial charge in [-0.05, 0) is 29.3 Å². The molecule has 0 aliphatic carbocycles. The SMILES string of the molecule is COc1ccccc1NC(N)=NCc1cccc(-c2cnn(C)c2)c1.I. The Morgan fingerprint density at radius 1 is 1.19 bits per heavy atom. The molecule has 3 aromatic rings. The quantitative estimate of drug-likeness (QED) is 0.344. The molecule has 0 atom stereocenters. The number of rotatable bonds is 5. The maximum absolute atomic E-state index is 6.00. The van der Waals surface area contributed by atoms with E-state index in [2.05, 4.69) is 27.5 Å². The van der Waals surface area contributed by atoms with Crippen molar-refractivity contribution < 1.29 is 4.74 Å². The van der Waals surface area contributed by atoms with Gasteiger partial charge in [0.1, 0.15) is 5.75 Å². The van der Waals surface area contributed by atoms with Crippen LogP contribution in [0.15, 0.2) is 65.9 Å². The molecule has 0 amide bonds. The predicted molar refractivity (Wildman–Crippen MR) is 116 cm³/mol. The van der Waals surface area contributed by atoms with Crippen LogP contribution >= 0.6 is 24.0 Å². The second kappa shape index (κ2) is 9.23. The monoisotopic (exact) mass is 463 g/mol. The third-order valence-corrected chi connectivity index (χ3v) is 3.77. The topological polar surface area (TPSA) is 77.5 Å². The molecule has 2 aromatic carbocycles. The number of ether oxygens (including phenoxy) is 1. The predicted octanol–water partition coefficient (Wildman–Crippen LogP) is 3.64. The standard InChI is InChI=1S/C19H21N5O.HI/c1-24-13-16(12-22-24)15-7-5-6-14(10-15)11-21-19(20)23-17-8-3-4-9-18(17)25-2;/h3-10,12-13H,11H2,1-2H3,(H3,20,21,23);1H. The number of nitrogens with one attached hydrogen (secondary N) is 1. The molecule has 0 spiro atoms. The Hall–Kier alpha value is -2.55. The van der Waals surface area contributed by atoms with Crippen LogP contribution in [0.25, 0.3) is 11.1 Å². The highest BCUT2D eigenvalue weighted by Gasteiger charge is 2.04. The van der Waals surface area contributed by atoms with E-state index in [-0.39, 0.29) is 24.0 Å². The van der Waals surface area contributed by atoms with Gasteiger partial charge in [-0.15, -0.1) is 24.0 Å². The van der Waals surface area contributed by atoms with E-state index >= 15 is 0 Å². The molecule has 136 valence electrons. The average Bonchev–Trinajstić information content (AvgIpc) is 3.07. The van der Waals surface area contributed by atoms with Crippen molar-refractivity contribution in [3.63, 3.8) is 0 Å². The molecular formula is C19H22IN5O. The summed E-state index contributed by atoms with van der Waals surface area (Å²) in [6, 6.07) is 15.8. The van der Waals surface area contributed by atoms with Crippen LogP contribution in [0.1, 0.15) is 5.56 Å². The van der Waals surface area contributed by atoms with Gasteiger partial charge in [-0.25, -0.2) is 4.99 Å². The number of anilines is 1. The van der Waals surface area contributed by atoms with Crippen LogP contribution in [0.3, 0.4) is 0 Å². The molecule has 26 heavy (non-hydrogen) atoms. The molecule has 0 aliphatic heterocycles. The first kappa shape index (κ1) is 19.8. The Kier molecular flexibility index (Phi) is 7.02. The number of methoxy groups -OCH3 is 1. The smallest absolute Gasteiger partial charge is 0.193 e. The molecule has 0 saturated heterocycles. The fraction of sp³-hybridized carbons (Fsp3) is 0.158. The second-order valence-electron chi connectivity index (χ2n) is 5.63. The molecule has 1 aromatic heterocycles. The van der Waals surface area contributed by atoms with Crippen molar-refractivity contribution in [2.75, 3.05) is 12.4 Å². The van der Waals surface area contributed by atoms with Crippen molar-refractivity contribution in [3.05, 3.63) is 66.5 Å². The van der Waals surface area contributed by atoms with Crippen molar-refractivity contribution in [1.29, 1.82) is 0 Å². The summed E-state index contributed by atoms with van der Waals surface area (Å²) in [4.78, 5) is 4.41. The van der Waals surface area contributed by atoms with Crippen LogP contribution < -0.4 is 15.8 Å². The fourth-order valence-electron chi connectivity index (χ4n) is 2.52. The van der Waals surface area contributed by atoms with Crippen molar-refractivity contribution in [1.82, 2.24) is 9.78 Å². The number of nitrogens with two attached hydrogens (primary N) is 1. The molecule has 0 saturated carbocycles. The summed E-state index contributed by atoms with van der Waals surface area (Å²) in [5, 5.41) is 7.28. The summed E-state index contributed by atoms with van der Waals surface area (Å²) in [6.45, 7) is 0.488. The van der Waals surface area contributed by atoms with E-state index in [4.69, 9.17) is 10.5 Å². The molecule has 6 nitrogen and oxygen atoms in total. The van der Waals surface area contributed by atoms with Crippen LogP contribution in [-0.4, -0.2) is 22.8 Å². The van der Waals surface area contributed by atoms with Crippen molar-refractivity contribution in [2.24, 2.45) is 17.8 Å². The first-order valence-electron chi connectivity index (χ1n) is 7.93. The lowest BCUT2D eigenvalue weighted by Crippen LogP contribution is -2.22. The van der Waals surface area contributed by atoms with Gasteiger partial charge in [-0.2, -0.15) is 5.10 Å². The van der Waals surface area contributed by atoms with Crippen LogP contribution in [0.5, 0.6) is 5.75 Å². The average molecular weight is 463 g/mol.